The van der Waals surface area contributed by atoms with E-state index in [4.69, 9.17) is 9.47 Å². The first-order valence-electron chi connectivity index (χ1n) is 22.7. The molecule has 1 aromatic heterocycles. The first-order valence-corrected chi connectivity index (χ1v) is 24.2. The number of amides is 3. The number of aryl methyl sites for hydroxylation is 6. The SMILES string of the molecule is CC(=O)CC(=O)CCc1ccc(NC(=O)CCCC(=O)NCCCOCCOCCNc2cccc(CCc3ccc(C(=O)NC[C@H](NS(=O)(=O)c4c(C)cc(C)cc4C)C(=O)O)cc3)n2)cc1. The van der Waals surface area contributed by atoms with E-state index in [9.17, 15) is 42.3 Å². The minimum absolute atomic E-state index is 0.0168. The van der Waals surface area contributed by atoms with Gasteiger partial charge in [-0.2, -0.15) is 4.72 Å². The van der Waals surface area contributed by atoms with Gasteiger partial charge in [0.2, 0.25) is 21.8 Å². The molecule has 17 nitrogen and oxygen atoms in total. The molecule has 0 saturated carbocycles. The number of nitrogens with zero attached hydrogens (tertiary/aromatic N) is 1. The van der Waals surface area contributed by atoms with Gasteiger partial charge in [-0.15, -0.1) is 0 Å². The van der Waals surface area contributed by atoms with Crippen molar-refractivity contribution >= 4 is 56.8 Å². The maximum Gasteiger partial charge on any atom is 0.323 e. The number of carboxylic acids is 1. The Labute approximate surface area is 398 Å². The molecule has 0 unspecified atom stereocenters. The molecule has 366 valence electrons. The Morgan fingerprint density at radius 2 is 1.35 bits per heavy atom. The minimum atomic E-state index is -4.18. The van der Waals surface area contributed by atoms with E-state index in [2.05, 4.69) is 31.0 Å². The lowest BCUT2D eigenvalue weighted by Crippen LogP contribution is -2.48. The van der Waals surface area contributed by atoms with Gasteiger partial charge in [0, 0.05) is 62.4 Å². The van der Waals surface area contributed by atoms with E-state index >= 15 is 0 Å². The summed E-state index contributed by atoms with van der Waals surface area (Å²) < 4.78 is 39.7. The van der Waals surface area contributed by atoms with Crippen molar-refractivity contribution in [3.63, 3.8) is 0 Å². The second-order valence-corrected chi connectivity index (χ2v) is 18.2. The third-order valence-electron chi connectivity index (χ3n) is 10.5. The van der Waals surface area contributed by atoms with Gasteiger partial charge in [0.05, 0.1) is 31.1 Å². The molecule has 0 aliphatic heterocycles. The fourth-order valence-electron chi connectivity index (χ4n) is 7.23. The van der Waals surface area contributed by atoms with E-state index in [1.165, 1.54) is 6.92 Å². The highest BCUT2D eigenvalue weighted by Crippen LogP contribution is 2.22. The number of hydrogen-bond acceptors (Lipinski definition) is 12. The lowest BCUT2D eigenvalue weighted by Gasteiger charge is -2.18. The average Bonchev–Trinajstić information content (AvgIpc) is 3.28. The zero-order valence-electron chi connectivity index (χ0n) is 39.3. The Hall–Kier alpha value is -6.34. The van der Waals surface area contributed by atoms with Gasteiger partial charge in [-0.1, -0.05) is 48.0 Å². The van der Waals surface area contributed by atoms with Crippen molar-refractivity contribution in [1.29, 1.82) is 0 Å². The van der Waals surface area contributed by atoms with Gasteiger partial charge >= 0.3 is 5.97 Å². The zero-order valence-corrected chi connectivity index (χ0v) is 40.1. The summed E-state index contributed by atoms with van der Waals surface area (Å²) in [5.41, 5.74) is 5.59. The standard InChI is InChI=1S/C50H64N6O11S/c1-34-30-35(2)48(36(3)31-34)68(64,65)56-44(50(62)63)33-53-49(61)40-18-12-38(13-19-40)14-20-41-8-5-9-45(54-41)51-25-27-67-29-28-66-26-7-24-52-46(59)10-6-11-47(60)55-42-21-15-39(16-22-42)17-23-43(58)32-37(4)57/h5,8-9,12-13,15-16,18-19,21-22,30-31,44,56H,6-7,10-11,14,17,20,23-29,32-33H2,1-4H3,(H,51,54)(H,52,59)(H,53,61)(H,55,60)(H,62,63)/t44-/m0/s1. The number of ether oxygens (including phenoxy) is 2. The molecule has 4 rings (SSSR count). The summed E-state index contributed by atoms with van der Waals surface area (Å²) in [5, 5.41) is 21.2. The molecule has 1 heterocycles. The maximum absolute atomic E-state index is 13.1. The fraction of sp³-hybridized carbons (Fsp3) is 0.420. The fourth-order valence-corrected chi connectivity index (χ4v) is 8.87. The van der Waals surface area contributed by atoms with Crippen molar-refractivity contribution < 1.29 is 51.8 Å². The second-order valence-electron chi connectivity index (χ2n) is 16.5. The van der Waals surface area contributed by atoms with Gasteiger partial charge in [0.25, 0.3) is 5.91 Å². The van der Waals surface area contributed by atoms with Gasteiger partial charge < -0.3 is 35.8 Å². The Kier molecular flexibility index (Phi) is 22.4. The van der Waals surface area contributed by atoms with Crippen LogP contribution in [-0.2, 0) is 62.7 Å². The first kappa shape index (κ1) is 54.3. The van der Waals surface area contributed by atoms with Gasteiger partial charge in [-0.25, -0.2) is 13.4 Å². The summed E-state index contributed by atoms with van der Waals surface area (Å²) >= 11 is 0. The van der Waals surface area contributed by atoms with Crippen LogP contribution < -0.4 is 26.0 Å². The molecule has 6 N–H and O–H groups in total. The number of Topliss-reactive ketones (excluding diaryl/α,β-unsaturated/α-hetero) is 2. The van der Waals surface area contributed by atoms with Crippen molar-refractivity contribution in [3.05, 3.63) is 118 Å². The number of sulfonamides is 1. The van der Waals surface area contributed by atoms with Crippen LogP contribution in [0.1, 0.15) is 89.3 Å². The van der Waals surface area contributed by atoms with Crippen LogP contribution in [0.5, 0.6) is 0 Å². The van der Waals surface area contributed by atoms with E-state index in [1.54, 1.807) is 50.2 Å². The highest BCUT2D eigenvalue weighted by atomic mass is 32.2. The third-order valence-corrected chi connectivity index (χ3v) is 12.3. The highest BCUT2D eigenvalue weighted by molar-refractivity contribution is 7.89. The Morgan fingerprint density at radius 1 is 0.706 bits per heavy atom. The lowest BCUT2D eigenvalue weighted by atomic mass is 10.0. The average molecular weight is 957 g/mol. The van der Waals surface area contributed by atoms with Crippen LogP contribution in [0.3, 0.4) is 0 Å². The van der Waals surface area contributed by atoms with Crippen molar-refractivity contribution in [2.45, 2.75) is 96.4 Å². The summed E-state index contributed by atoms with van der Waals surface area (Å²) in [7, 11) is -4.18. The zero-order chi connectivity index (χ0) is 49.5. The van der Waals surface area contributed by atoms with Crippen molar-refractivity contribution in [3.8, 4) is 0 Å². The normalized spacial score (nSPS) is 11.6. The monoisotopic (exact) mass is 956 g/mol. The summed E-state index contributed by atoms with van der Waals surface area (Å²) in [4.78, 5) is 76.8. The molecule has 0 bridgehead atoms. The van der Waals surface area contributed by atoms with Crippen LogP contribution in [0.4, 0.5) is 11.5 Å². The molecule has 18 heteroatoms. The van der Waals surface area contributed by atoms with E-state index in [1.807, 2.05) is 49.4 Å². The number of aliphatic carboxylic acids is 1. The van der Waals surface area contributed by atoms with Crippen LogP contribution in [0, 0.1) is 20.8 Å². The number of hydrogen-bond donors (Lipinski definition) is 6. The Bertz CT molecular complexity index is 2420. The number of ketones is 2. The molecular formula is C50H64N6O11S. The molecule has 0 radical (unpaired) electrons. The van der Waals surface area contributed by atoms with Gasteiger partial charge in [-0.05, 0) is 118 Å². The van der Waals surface area contributed by atoms with E-state index in [0.29, 0.717) is 106 Å². The number of carboxylic acid groups (broad SMARTS) is 1. The van der Waals surface area contributed by atoms with Gasteiger partial charge in [0.15, 0.2) is 0 Å². The number of rotatable bonds is 31. The third kappa shape index (κ3) is 19.9. The highest BCUT2D eigenvalue weighted by Gasteiger charge is 2.28. The summed E-state index contributed by atoms with van der Waals surface area (Å²) in [5.74, 6) is -1.79. The molecule has 68 heavy (non-hydrogen) atoms. The molecule has 0 fully saturated rings. The number of pyridine rings is 1. The van der Waals surface area contributed by atoms with Crippen molar-refractivity contribution in [1.82, 2.24) is 20.3 Å². The molecule has 0 aliphatic rings. The van der Waals surface area contributed by atoms with Gasteiger partial charge in [-0.3, -0.25) is 28.8 Å². The van der Waals surface area contributed by atoms with Crippen molar-refractivity contribution in [2.75, 3.05) is 56.7 Å². The van der Waals surface area contributed by atoms with Gasteiger partial charge in [0.1, 0.15) is 23.4 Å². The summed E-state index contributed by atoms with van der Waals surface area (Å²) in [6, 6.07) is 21.7. The Morgan fingerprint density at radius 3 is 2.03 bits per heavy atom. The lowest BCUT2D eigenvalue weighted by molar-refractivity contribution is -0.138. The summed E-state index contributed by atoms with van der Waals surface area (Å²) in [6.07, 6.45) is 3.58. The van der Waals surface area contributed by atoms with Crippen LogP contribution in [0.15, 0.2) is 83.8 Å². The van der Waals surface area contributed by atoms with E-state index in [-0.39, 0.29) is 47.5 Å². The molecule has 0 saturated heterocycles. The van der Waals surface area contributed by atoms with E-state index < -0.39 is 34.5 Å². The predicted octanol–water partition coefficient (Wildman–Crippen LogP) is 5.19. The number of anilines is 2. The van der Waals surface area contributed by atoms with Crippen LogP contribution >= 0.6 is 0 Å². The minimum Gasteiger partial charge on any atom is -0.480 e. The molecular weight excluding hydrogens is 893 g/mol. The van der Waals surface area contributed by atoms with Crippen molar-refractivity contribution in [2.24, 2.45) is 0 Å². The number of aromatic nitrogens is 1. The quantitative estimate of drug-likeness (QED) is 0.0281. The smallest absolute Gasteiger partial charge is 0.323 e. The summed E-state index contributed by atoms with van der Waals surface area (Å²) in [6.45, 7) is 8.83. The first-order chi connectivity index (χ1) is 32.5. The molecule has 1 atom stereocenters. The largest absolute Gasteiger partial charge is 0.480 e. The molecule has 3 amide bonds. The maximum atomic E-state index is 13.1. The van der Waals surface area contributed by atoms with Crippen LogP contribution in [0.25, 0.3) is 0 Å². The molecule has 0 spiro atoms. The number of nitrogens with one attached hydrogen (secondary N) is 5. The second kappa shape index (κ2) is 28.1. The van der Waals surface area contributed by atoms with Crippen LogP contribution in [-0.4, -0.2) is 106 Å². The number of carbonyl (C=O) groups is 6. The van der Waals surface area contributed by atoms with E-state index in [0.717, 1.165) is 22.4 Å². The molecule has 3 aromatic carbocycles. The molecule has 0 aliphatic carbocycles. The topological polar surface area (TPSA) is 248 Å². The number of carbonyl (C=O) groups excluding carboxylic acids is 5. The number of benzene rings is 3. The van der Waals surface area contributed by atoms with Crippen LogP contribution in [0.2, 0.25) is 0 Å². The Balaban J connectivity index is 1.01. The molecule has 4 aromatic rings. The predicted molar refractivity (Wildman–Crippen MR) is 258 cm³/mol.